The van der Waals surface area contributed by atoms with Crippen molar-refractivity contribution in [1.29, 1.82) is 0 Å². The summed E-state index contributed by atoms with van der Waals surface area (Å²) in [4.78, 5) is 18.8. The molecule has 0 aromatic carbocycles. The lowest BCUT2D eigenvalue weighted by Crippen LogP contribution is -2.40. The van der Waals surface area contributed by atoms with Gasteiger partial charge in [-0.05, 0) is 27.7 Å². The number of hydrogen-bond acceptors (Lipinski definition) is 3. The zero-order chi connectivity index (χ0) is 13.3. The highest BCUT2D eigenvalue weighted by molar-refractivity contribution is 5.92. The van der Waals surface area contributed by atoms with Crippen LogP contribution in [-0.4, -0.2) is 39.0 Å². The largest absolute Gasteiger partial charge is 0.349 e. The standard InChI is InChI=1S/C13H22N4O/c1-9(2)15-13(18)11-7-14-12-8-16(10(3)4)5-6-17(11)12/h7,9-10H,5-6,8H2,1-4H3,(H,15,18). The van der Waals surface area contributed by atoms with E-state index in [-0.39, 0.29) is 11.9 Å². The predicted molar refractivity (Wildman–Crippen MR) is 70.4 cm³/mol. The molecule has 100 valence electrons. The van der Waals surface area contributed by atoms with Gasteiger partial charge in [-0.2, -0.15) is 0 Å². The lowest BCUT2D eigenvalue weighted by molar-refractivity contribution is 0.0927. The number of hydrogen-bond donors (Lipinski definition) is 1. The van der Waals surface area contributed by atoms with Gasteiger partial charge < -0.3 is 9.88 Å². The normalized spacial score (nSPS) is 16.1. The van der Waals surface area contributed by atoms with Crippen molar-refractivity contribution >= 4 is 5.91 Å². The molecule has 18 heavy (non-hydrogen) atoms. The van der Waals surface area contributed by atoms with Gasteiger partial charge >= 0.3 is 0 Å². The molecule has 0 fully saturated rings. The second-order valence-electron chi connectivity index (χ2n) is 5.40. The highest BCUT2D eigenvalue weighted by Crippen LogP contribution is 2.16. The minimum absolute atomic E-state index is 0.0262. The Bertz CT molecular complexity index is 436. The van der Waals surface area contributed by atoms with Crippen LogP contribution in [0.15, 0.2) is 6.20 Å². The van der Waals surface area contributed by atoms with E-state index < -0.39 is 0 Å². The molecule has 1 amide bonds. The minimum atomic E-state index is -0.0262. The Labute approximate surface area is 108 Å². The Hall–Kier alpha value is -1.36. The van der Waals surface area contributed by atoms with Crippen LogP contribution in [0.25, 0.3) is 0 Å². The zero-order valence-corrected chi connectivity index (χ0v) is 11.6. The Morgan fingerprint density at radius 2 is 2.06 bits per heavy atom. The van der Waals surface area contributed by atoms with Gasteiger partial charge in [-0.1, -0.05) is 0 Å². The van der Waals surface area contributed by atoms with Crippen molar-refractivity contribution in [3.63, 3.8) is 0 Å². The van der Waals surface area contributed by atoms with Gasteiger partial charge in [0.05, 0.1) is 12.7 Å². The van der Waals surface area contributed by atoms with E-state index in [9.17, 15) is 4.79 Å². The van der Waals surface area contributed by atoms with Gasteiger partial charge in [0.25, 0.3) is 5.91 Å². The van der Waals surface area contributed by atoms with Crippen molar-refractivity contribution in [2.75, 3.05) is 6.54 Å². The van der Waals surface area contributed by atoms with Gasteiger partial charge in [-0.3, -0.25) is 9.69 Å². The van der Waals surface area contributed by atoms with Crippen LogP contribution in [0.4, 0.5) is 0 Å². The summed E-state index contributed by atoms with van der Waals surface area (Å²) in [5, 5.41) is 2.92. The fourth-order valence-electron chi connectivity index (χ4n) is 2.24. The van der Waals surface area contributed by atoms with Crippen molar-refractivity contribution in [2.24, 2.45) is 0 Å². The fraction of sp³-hybridized carbons (Fsp3) is 0.692. The summed E-state index contributed by atoms with van der Waals surface area (Å²) in [5.74, 6) is 0.964. The summed E-state index contributed by atoms with van der Waals surface area (Å²) in [7, 11) is 0. The molecule has 0 saturated carbocycles. The van der Waals surface area contributed by atoms with Crippen LogP contribution in [0.2, 0.25) is 0 Å². The molecule has 0 saturated heterocycles. The van der Waals surface area contributed by atoms with E-state index in [1.165, 1.54) is 0 Å². The first-order valence-electron chi connectivity index (χ1n) is 6.58. The predicted octanol–water partition coefficient (Wildman–Crippen LogP) is 1.25. The molecule has 5 nitrogen and oxygen atoms in total. The van der Waals surface area contributed by atoms with Crippen LogP contribution in [0.1, 0.15) is 44.0 Å². The third-order valence-electron chi connectivity index (χ3n) is 3.28. The Balaban J connectivity index is 2.16. The maximum absolute atomic E-state index is 12.0. The first-order valence-corrected chi connectivity index (χ1v) is 6.58. The van der Waals surface area contributed by atoms with Crippen LogP contribution in [0, 0.1) is 0 Å². The highest BCUT2D eigenvalue weighted by atomic mass is 16.2. The first-order chi connectivity index (χ1) is 8.49. The summed E-state index contributed by atoms with van der Waals surface area (Å²) in [5.41, 5.74) is 0.683. The van der Waals surface area contributed by atoms with Crippen molar-refractivity contribution in [1.82, 2.24) is 19.8 Å². The molecule has 5 heteroatoms. The van der Waals surface area contributed by atoms with Gasteiger partial charge in [-0.15, -0.1) is 0 Å². The Morgan fingerprint density at radius 3 is 2.67 bits per heavy atom. The minimum Gasteiger partial charge on any atom is -0.349 e. The number of nitrogens with zero attached hydrogens (tertiary/aromatic N) is 3. The average molecular weight is 250 g/mol. The van der Waals surface area contributed by atoms with Gasteiger partial charge in [0.2, 0.25) is 0 Å². The number of rotatable bonds is 3. The van der Waals surface area contributed by atoms with E-state index in [0.717, 1.165) is 25.5 Å². The van der Waals surface area contributed by atoms with Crippen LogP contribution in [-0.2, 0) is 13.1 Å². The summed E-state index contributed by atoms with van der Waals surface area (Å²) in [6.45, 7) is 10.9. The number of nitrogens with one attached hydrogen (secondary N) is 1. The summed E-state index contributed by atoms with van der Waals surface area (Å²) in [6, 6.07) is 0.669. The highest BCUT2D eigenvalue weighted by Gasteiger charge is 2.24. The summed E-state index contributed by atoms with van der Waals surface area (Å²) >= 11 is 0. The molecule has 1 aromatic heterocycles. The Kier molecular flexibility index (Phi) is 3.71. The SMILES string of the molecule is CC(C)NC(=O)c1cnc2n1CCN(C(C)C)C2. The van der Waals surface area contributed by atoms with Crippen LogP contribution in [0.3, 0.4) is 0 Å². The molecule has 1 aliphatic rings. The molecule has 0 aliphatic carbocycles. The molecule has 2 rings (SSSR count). The van der Waals surface area contributed by atoms with Gasteiger partial charge in [-0.25, -0.2) is 4.98 Å². The van der Waals surface area contributed by atoms with E-state index in [2.05, 4.69) is 29.0 Å². The number of imidazole rings is 1. The summed E-state index contributed by atoms with van der Waals surface area (Å²) in [6.07, 6.45) is 1.69. The lowest BCUT2D eigenvalue weighted by Gasteiger charge is -2.31. The zero-order valence-electron chi connectivity index (χ0n) is 11.6. The molecule has 0 spiro atoms. The van der Waals surface area contributed by atoms with E-state index >= 15 is 0 Å². The van der Waals surface area contributed by atoms with Crippen molar-refractivity contribution in [2.45, 2.75) is 52.9 Å². The third kappa shape index (κ3) is 2.56. The molecule has 0 bridgehead atoms. The maximum atomic E-state index is 12.0. The van der Waals surface area contributed by atoms with E-state index in [4.69, 9.17) is 0 Å². The fourth-order valence-corrected chi connectivity index (χ4v) is 2.24. The molecule has 0 atom stereocenters. The molecule has 0 unspecified atom stereocenters. The third-order valence-corrected chi connectivity index (χ3v) is 3.28. The van der Waals surface area contributed by atoms with Gasteiger partial charge in [0, 0.05) is 25.2 Å². The van der Waals surface area contributed by atoms with Gasteiger partial charge in [0.1, 0.15) is 11.5 Å². The molecule has 1 aromatic rings. The number of aromatic nitrogens is 2. The van der Waals surface area contributed by atoms with Crippen molar-refractivity contribution < 1.29 is 4.79 Å². The smallest absolute Gasteiger partial charge is 0.269 e. The van der Waals surface area contributed by atoms with Crippen LogP contribution >= 0.6 is 0 Å². The van der Waals surface area contributed by atoms with E-state index in [1.807, 2.05) is 18.4 Å². The van der Waals surface area contributed by atoms with Crippen molar-refractivity contribution in [3.8, 4) is 0 Å². The molecular weight excluding hydrogens is 228 g/mol. The first kappa shape index (κ1) is 13.1. The van der Waals surface area contributed by atoms with E-state index in [0.29, 0.717) is 11.7 Å². The maximum Gasteiger partial charge on any atom is 0.269 e. The monoisotopic (exact) mass is 250 g/mol. The average Bonchev–Trinajstić information content (AvgIpc) is 2.70. The van der Waals surface area contributed by atoms with E-state index in [1.54, 1.807) is 6.20 Å². The summed E-state index contributed by atoms with van der Waals surface area (Å²) < 4.78 is 2.04. The second kappa shape index (κ2) is 5.10. The number of carbonyl (C=O) groups excluding carboxylic acids is 1. The van der Waals surface area contributed by atoms with Crippen LogP contribution < -0.4 is 5.32 Å². The van der Waals surface area contributed by atoms with Crippen molar-refractivity contribution in [3.05, 3.63) is 17.7 Å². The Morgan fingerprint density at radius 1 is 1.33 bits per heavy atom. The second-order valence-corrected chi connectivity index (χ2v) is 5.40. The topological polar surface area (TPSA) is 50.2 Å². The van der Waals surface area contributed by atoms with Crippen LogP contribution in [0.5, 0.6) is 0 Å². The number of fused-ring (bicyclic) bond motifs is 1. The molecule has 2 heterocycles. The van der Waals surface area contributed by atoms with Gasteiger partial charge in [0.15, 0.2) is 0 Å². The molecular formula is C13H22N4O. The molecule has 1 aliphatic heterocycles. The quantitative estimate of drug-likeness (QED) is 0.878. The lowest BCUT2D eigenvalue weighted by atomic mass is 10.2. The molecule has 0 radical (unpaired) electrons. The number of carbonyl (C=O) groups is 1. The number of amides is 1. The molecule has 1 N–H and O–H groups in total.